The van der Waals surface area contributed by atoms with Gasteiger partial charge < -0.3 is 5.32 Å². The van der Waals surface area contributed by atoms with E-state index in [2.05, 4.69) is 15.3 Å². The minimum Gasteiger partial charge on any atom is -0.357 e. The number of hydrogen-bond donors (Lipinski definition) is 1. The van der Waals surface area contributed by atoms with E-state index in [1.165, 1.54) is 16.4 Å². The number of aromatic nitrogens is 2. The van der Waals surface area contributed by atoms with Gasteiger partial charge in [0.1, 0.15) is 20.6 Å². The molecule has 2 aliphatic heterocycles. The highest BCUT2D eigenvalue weighted by Gasteiger charge is 2.65. The van der Waals surface area contributed by atoms with Crippen molar-refractivity contribution in [3.63, 3.8) is 0 Å². The number of amides is 1. The smallest absolute Gasteiger partial charge is 0.254 e. The molecule has 4 aromatic rings. The van der Waals surface area contributed by atoms with Crippen LogP contribution in [0.4, 0.5) is 0 Å². The number of nitrogens with one attached hydrogen (secondary N) is 1. The highest BCUT2D eigenvalue weighted by atomic mass is 35.5. The van der Waals surface area contributed by atoms with Gasteiger partial charge in [-0.25, -0.2) is 8.42 Å². The van der Waals surface area contributed by atoms with Crippen molar-refractivity contribution in [2.45, 2.75) is 29.3 Å². The van der Waals surface area contributed by atoms with E-state index in [1.807, 2.05) is 30.3 Å². The largest absolute Gasteiger partial charge is 0.357 e. The van der Waals surface area contributed by atoms with E-state index in [-0.39, 0.29) is 56.2 Å². The summed E-state index contributed by atoms with van der Waals surface area (Å²) in [5.41, 5.74) is 1.41. The van der Waals surface area contributed by atoms with Crippen molar-refractivity contribution in [1.29, 1.82) is 5.26 Å². The van der Waals surface area contributed by atoms with Crippen LogP contribution in [0.2, 0.25) is 8.67 Å². The number of allylic oxidation sites excluding steroid dienone is 1. The molecule has 1 aromatic carbocycles. The molecule has 3 aliphatic rings. The molecule has 3 fully saturated rings. The summed E-state index contributed by atoms with van der Waals surface area (Å²) in [6.07, 6.45) is 8.74. The van der Waals surface area contributed by atoms with Gasteiger partial charge in [-0.2, -0.15) is 9.57 Å². The number of halogens is 2. The van der Waals surface area contributed by atoms with Crippen molar-refractivity contribution >= 4 is 56.3 Å². The Hall–Kier alpha value is -4.12. The molecular formula is C33H26Cl2N6O4S2. The van der Waals surface area contributed by atoms with E-state index >= 15 is 0 Å². The molecule has 0 spiro atoms. The molecule has 238 valence electrons. The van der Waals surface area contributed by atoms with Crippen LogP contribution < -0.4 is 5.32 Å². The molecular weight excluding hydrogens is 679 g/mol. The first-order valence-electron chi connectivity index (χ1n) is 14.7. The van der Waals surface area contributed by atoms with Crippen LogP contribution in [0, 0.1) is 23.2 Å². The summed E-state index contributed by atoms with van der Waals surface area (Å²) in [5, 5.41) is 12.7. The van der Waals surface area contributed by atoms with Gasteiger partial charge in [-0.05, 0) is 65.7 Å². The average molecular weight is 706 g/mol. The molecule has 1 aliphatic carbocycles. The van der Waals surface area contributed by atoms with E-state index in [9.17, 15) is 23.3 Å². The number of fused-ring (bicyclic) bond motifs is 1. The molecule has 47 heavy (non-hydrogen) atoms. The van der Waals surface area contributed by atoms with Gasteiger partial charge in [-0.3, -0.25) is 24.5 Å². The standard InChI is InChI=1S/C33H26Cl2N6O4S2/c34-28-14-27(31(35)46-28)47(44,45)40-18-24-25(19-40)30(24)41-29(13-26(42)23-3-1-22(17-36)2-4-23)39-33(32(41)43,15-20-5-9-37-10-6-20)16-21-7-11-38-12-8-21/h1-14,24-25,30,39H,15-16,18-19H2/b29-13+/t24-,25+,30?. The fourth-order valence-corrected chi connectivity index (χ4v) is 10.3. The molecule has 7 rings (SSSR count). The number of nitrogens with zero attached hydrogens (tertiary/aromatic N) is 5. The molecule has 1 saturated carbocycles. The van der Waals surface area contributed by atoms with E-state index in [1.54, 1.807) is 54.0 Å². The second-order valence-electron chi connectivity index (χ2n) is 11.9. The normalized spacial score (nSPS) is 22.6. The lowest BCUT2D eigenvalue weighted by Crippen LogP contribution is -2.51. The number of carbonyl (C=O) groups is 2. The highest BCUT2D eigenvalue weighted by molar-refractivity contribution is 7.89. The summed E-state index contributed by atoms with van der Waals surface area (Å²) in [6, 6.07) is 16.8. The van der Waals surface area contributed by atoms with Crippen LogP contribution in [-0.4, -0.2) is 64.0 Å². The maximum absolute atomic E-state index is 14.8. The number of thiophene rings is 1. The van der Waals surface area contributed by atoms with Crippen molar-refractivity contribution in [2.24, 2.45) is 11.8 Å². The van der Waals surface area contributed by atoms with Crippen LogP contribution in [0.15, 0.2) is 96.2 Å². The lowest BCUT2D eigenvalue weighted by atomic mass is 9.85. The van der Waals surface area contributed by atoms with Crippen molar-refractivity contribution in [3.8, 4) is 6.07 Å². The first kappa shape index (κ1) is 31.5. The van der Waals surface area contributed by atoms with Crippen LogP contribution in [0.1, 0.15) is 27.0 Å². The third-order valence-electron chi connectivity index (χ3n) is 8.99. The van der Waals surface area contributed by atoms with Gasteiger partial charge in [0.05, 0.1) is 16.0 Å². The predicted octanol–water partition coefficient (Wildman–Crippen LogP) is 4.72. The molecule has 1 amide bonds. The van der Waals surface area contributed by atoms with Crippen molar-refractivity contribution in [1.82, 2.24) is 24.5 Å². The van der Waals surface area contributed by atoms with Gasteiger partial charge in [0.15, 0.2) is 5.78 Å². The summed E-state index contributed by atoms with van der Waals surface area (Å²) in [7, 11) is -3.89. The number of nitriles is 1. The molecule has 3 aromatic heterocycles. The number of ketones is 1. The second-order valence-corrected chi connectivity index (χ2v) is 16.1. The van der Waals surface area contributed by atoms with Crippen LogP contribution >= 0.6 is 34.5 Å². The molecule has 2 saturated heterocycles. The van der Waals surface area contributed by atoms with Gasteiger partial charge in [0.25, 0.3) is 5.91 Å². The second kappa shape index (κ2) is 12.2. The summed E-state index contributed by atoms with van der Waals surface area (Å²) < 4.78 is 28.7. The zero-order valence-electron chi connectivity index (χ0n) is 24.6. The average Bonchev–Trinajstić information content (AvgIpc) is 3.32. The Kier molecular flexibility index (Phi) is 8.14. The van der Waals surface area contributed by atoms with Crippen LogP contribution in [0.25, 0.3) is 0 Å². The third kappa shape index (κ3) is 5.83. The Balaban J connectivity index is 1.24. The minimum absolute atomic E-state index is 0.0201. The zero-order valence-corrected chi connectivity index (χ0v) is 27.7. The number of benzene rings is 1. The number of sulfonamides is 1. The van der Waals surface area contributed by atoms with E-state index in [0.29, 0.717) is 29.8 Å². The maximum atomic E-state index is 14.8. The van der Waals surface area contributed by atoms with E-state index in [0.717, 1.165) is 22.5 Å². The molecule has 5 heterocycles. The van der Waals surface area contributed by atoms with Gasteiger partial charge in [0.2, 0.25) is 10.0 Å². The Morgan fingerprint density at radius 2 is 1.57 bits per heavy atom. The molecule has 14 heteroatoms. The number of hydrogen-bond acceptors (Lipinski definition) is 9. The van der Waals surface area contributed by atoms with Crippen molar-refractivity contribution in [2.75, 3.05) is 13.1 Å². The Labute approximate surface area is 285 Å². The molecule has 1 N–H and O–H groups in total. The maximum Gasteiger partial charge on any atom is 0.254 e. The van der Waals surface area contributed by atoms with Crippen molar-refractivity contribution in [3.05, 3.63) is 122 Å². The molecule has 3 atom stereocenters. The minimum atomic E-state index is -3.89. The SMILES string of the molecule is N#Cc1ccc(C(=O)/C=C2\NC(Cc3ccncc3)(Cc3ccncc3)C(=O)N2C2[C@H]3CN(S(=O)(=O)c4cc(Cl)sc4Cl)C[C@@H]23)cc1. The summed E-state index contributed by atoms with van der Waals surface area (Å²) in [4.78, 5) is 38.3. The number of rotatable bonds is 9. The molecule has 0 radical (unpaired) electrons. The van der Waals surface area contributed by atoms with Gasteiger partial charge in [-0.1, -0.05) is 23.2 Å². The number of piperidine rings is 1. The van der Waals surface area contributed by atoms with Crippen molar-refractivity contribution < 1.29 is 18.0 Å². The van der Waals surface area contributed by atoms with E-state index < -0.39 is 15.6 Å². The van der Waals surface area contributed by atoms with E-state index in [4.69, 9.17) is 23.2 Å². The highest BCUT2D eigenvalue weighted by Crippen LogP contribution is 2.53. The van der Waals surface area contributed by atoms with Crippen LogP contribution in [0.3, 0.4) is 0 Å². The molecule has 0 bridgehead atoms. The topological polar surface area (TPSA) is 136 Å². The van der Waals surface area contributed by atoms with Gasteiger partial charge in [-0.15, -0.1) is 11.3 Å². The Bertz CT molecular complexity index is 2000. The quantitative estimate of drug-likeness (QED) is 0.195. The monoisotopic (exact) mass is 704 g/mol. The summed E-state index contributed by atoms with van der Waals surface area (Å²) in [6.45, 7) is 0.396. The Morgan fingerprint density at radius 1 is 1.00 bits per heavy atom. The van der Waals surface area contributed by atoms with Crippen LogP contribution in [0.5, 0.6) is 0 Å². The number of carbonyl (C=O) groups excluding carboxylic acids is 2. The lowest BCUT2D eigenvalue weighted by Gasteiger charge is -2.28. The zero-order chi connectivity index (χ0) is 32.9. The summed E-state index contributed by atoms with van der Waals surface area (Å²) >= 11 is 13.3. The predicted molar refractivity (Wildman–Crippen MR) is 176 cm³/mol. The third-order valence-corrected chi connectivity index (χ3v) is 12.6. The van der Waals surface area contributed by atoms with Gasteiger partial charge in [0, 0.05) is 80.2 Å². The fourth-order valence-electron chi connectivity index (χ4n) is 6.69. The Morgan fingerprint density at radius 3 is 2.09 bits per heavy atom. The summed E-state index contributed by atoms with van der Waals surface area (Å²) in [5.74, 6) is -0.471. The molecule has 1 unspecified atom stereocenters. The fraction of sp³-hybridized carbons (Fsp3) is 0.242. The number of pyridine rings is 2. The first-order chi connectivity index (χ1) is 22.6. The van der Waals surface area contributed by atoms with Gasteiger partial charge >= 0.3 is 0 Å². The first-order valence-corrected chi connectivity index (χ1v) is 17.7. The van der Waals surface area contributed by atoms with Crippen LogP contribution in [-0.2, 0) is 27.7 Å². The lowest BCUT2D eigenvalue weighted by molar-refractivity contribution is -0.132. The molecule has 10 nitrogen and oxygen atoms in total.